The summed E-state index contributed by atoms with van der Waals surface area (Å²) >= 11 is 0. The average molecular weight is 345 g/mol. The number of amides is 1. The summed E-state index contributed by atoms with van der Waals surface area (Å²) in [5.74, 6) is 0.890. The molecule has 2 heterocycles. The van der Waals surface area contributed by atoms with Crippen molar-refractivity contribution in [3.8, 4) is 0 Å². The average Bonchev–Trinajstić information content (AvgIpc) is 2.77. The minimum Gasteiger partial charge on any atom is -0.390 e. The first-order valence-electron chi connectivity index (χ1n) is 9.57. The van der Waals surface area contributed by atoms with Crippen LogP contribution in [-0.2, 0) is 4.79 Å². The quantitative estimate of drug-likeness (QED) is 0.910. The van der Waals surface area contributed by atoms with Crippen LogP contribution in [-0.4, -0.2) is 61.3 Å². The molecule has 138 valence electrons. The van der Waals surface area contributed by atoms with E-state index in [-0.39, 0.29) is 12.0 Å². The first-order valence-corrected chi connectivity index (χ1v) is 9.57. The summed E-state index contributed by atoms with van der Waals surface area (Å²) in [4.78, 5) is 18.5. The molecule has 2 aliphatic rings. The number of fused-ring (bicyclic) bond motifs is 1. The van der Waals surface area contributed by atoms with Crippen LogP contribution in [0.25, 0.3) is 0 Å². The molecular formula is C20H31N3O2. The first kappa shape index (κ1) is 18.2. The zero-order valence-corrected chi connectivity index (χ0v) is 15.5. The maximum atomic E-state index is 12.0. The zero-order valence-electron chi connectivity index (χ0n) is 15.5. The molecule has 1 unspecified atom stereocenters. The molecule has 2 aliphatic heterocycles. The number of rotatable bonds is 4. The minimum absolute atomic E-state index is 0.0808. The van der Waals surface area contributed by atoms with Crippen molar-refractivity contribution in [2.24, 2.45) is 5.92 Å². The molecule has 0 aromatic heterocycles. The predicted molar refractivity (Wildman–Crippen MR) is 102 cm³/mol. The lowest BCUT2D eigenvalue weighted by molar-refractivity contribution is -0.116. The number of carbonyl (C=O) groups is 1. The molecule has 1 atom stereocenters. The number of aliphatic hydroxyl groups excluding tert-OH is 1. The SMILES string of the molecule is CC(=O)N1CCCN(CC(O)CN2CCC(C)CC2)c2ccccc21. The zero-order chi connectivity index (χ0) is 17.8. The number of nitrogens with zero attached hydrogens (tertiary/aromatic N) is 3. The number of carbonyl (C=O) groups excluding carboxylic acids is 1. The Kier molecular flexibility index (Phi) is 5.97. The van der Waals surface area contributed by atoms with Gasteiger partial charge in [-0.25, -0.2) is 0 Å². The lowest BCUT2D eigenvalue weighted by atomic mass is 9.99. The predicted octanol–water partition coefficient (Wildman–Crippen LogP) is 2.34. The van der Waals surface area contributed by atoms with Crippen LogP contribution in [0.2, 0.25) is 0 Å². The standard InChI is InChI=1S/C20H31N3O2/c1-16-8-12-21(13-9-16)14-18(25)15-22-10-5-11-23(17(2)24)20-7-4-3-6-19(20)22/h3-4,6-7,16,18,25H,5,8-15H2,1-2H3. The van der Waals surface area contributed by atoms with E-state index in [0.29, 0.717) is 6.54 Å². The van der Waals surface area contributed by atoms with E-state index in [1.165, 1.54) is 12.8 Å². The summed E-state index contributed by atoms with van der Waals surface area (Å²) in [5.41, 5.74) is 2.02. The highest BCUT2D eigenvalue weighted by Gasteiger charge is 2.25. The van der Waals surface area contributed by atoms with Crippen molar-refractivity contribution in [2.75, 3.05) is 49.1 Å². The number of benzene rings is 1. The number of hydrogen-bond acceptors (Lipinski definition) is 4. The summed E-state index contributed by atoms with van der Waals surface area (Å²) in [6.45, 7) is 9.08. The summed E-state index contributed by atoms with van der Waals surface area (Å²) in [5, 5.41) is 10.6. The van der Waals surface area contributed by atoms with Crippen LogP contribution in [0, 0.1) is 5.92 Å². The van der Waals surface area contributed by atoms with E-state index in [9.17, 15) is 9.90 Å². The van der Waals surface area contributed by atoms with Crippen molar-refractivity contribution in [3.63, 3.8) is 0 Å². The molecule has 1 amide bonds. The normalized spacial score (nSPS) is 20.9. The molecule has 3 rings (SSSR count). The molecule has 0 saturated carbocycles. The van der Waals surface area contributed by atoms with Crippen LogP contribution in [0.1, 0.15) is 33.1 Å². The van der Waals surface area contributed by atoms with Crippen molar-refractivity contribution >= 4 is 17.3 Å². The Hall–Kier alpha value is -1.59. The molecule has 0 bridgehead atoms. The van der Waals surface area contributed by atoms with Crippen LogP contribution < -0.4 is 9.80 Å². The number of piperidine rings is 1. The number of likely N-dealkylation sites (tertiary alicyclic amines) is 1. The van der Waals surface area contributed by atoms with Gasteiger partial charge in [0.2, 0.25) is 5.91 Å². The van der Waals surface area contributed by atoms with Crippen molar-refractivity contribution in [1.82, 2.24) is 4.90 Å². The van der Waals surface area contributed by atoms with Crippen molar-refractivity contribution in [2.45, 2.75) is 39.2 Å². The number of para-hydroxylation sites is 2. The fourth-order valence-corrected chi connectivity index (χ4v) is 3.99. The highest BCUT2D eigenvalue weighted by molar-refractivity contribution is 5.95. The topological polar surface area (TPSA) is 47.0 Å². The maximum absolute atomic E-state index is 12.0. The van der Waals surface area contributed by atoms with E-state index in [1.807, 2.05) is 23.1 Å². The van der Waals surface area contributed by atoms with Gasteiger partial charge < -0.3 is 19.8 Å². The molecule has 1 aromatic carbocycles. The highest BCUT2D eigenvalue weighted by atomic mass is 16.3. The van der Waals surface area contributed by atoms with E-state index >= 15 is 0 Å². The van der Waals surface area contributed by atoms with Crippen LogP contribution in [0.15, 0.2) is 24.3 Å². The van der Waals surface area contributed by atoms with Gasteiger partial charge in [0, 0.05) is 33.1 Å². The highest BCUT2D eigenvalue weighted by Crippen LogP contribution is 2.32. The Balaban J connectivity index is 1.67. The molecule has 1 N–H and O–H groups in total. The lowest BCUT2D eigenvalue weighted by Crippen LogP contribution is -2.43. The number of anilines is 2. The summed E-state index contributed by atoms with van der Waals surface area (Å²) in [6, 6.07) is 8.05. The summed E-state index contributed by atoms with van der Waals surface area (Å²) < 4.78 is 0. The second kappa shape index (κ2) is 8.19. The van der Waals surface area contributed by atoms with Crippen LogP contribution >= 0.6 is 0 Å². The van der Waals surface area contributed by atoms with E-state index < -0.39 is 0 Å². The second-order valence-corrected chi connectivity index (χ2v) is 7.60. The van der Waals surface area contributed by atoms with Gasteiger partial charge in [-0.05, 0) is 50.4 Å². The second-order valence-electron chi connectivity index (χ2n) is 7.60. The molecule has 0 radical (unpaired) electrons. The number of aliphatic hydroxyl groups is 1. The van der Waals surface area contributed by atoms with Crippen LogP contribution in [0.4, 0.5) is 11.4 Å². The minimum atomic E-state index is -0.370. The number of β-amino-alcohol motifs (C(OH)–C–C–N with tert-alkyl or cyclic N) is 1. The molecule has 5 nitrogen and oxygen atoms in total. The third-order valence-corrected chi connectivity index (χ3v) is 5.48. The Morgan fingerprint density at radius 1 is 1.12 bits per heavy atom. The molecule has 0 aliphatic carbocycles. The molecule has 5 heteroatoms. The van der Waals surface area contributed by atoms with Gasteiger partial charge >= 0.3 is 0 Å². The van der Waals surface area contributed by atoms with Gasteiger partial charge in [-0.3, -0.25) is 4.79 Å². The smallest absolute Gasteiger partial charge is 0.223 e. The van der Waals surface area contributed by atoms with Gasteiger partial charge in [0.1, 0.15) is 0 Å². The molecule has 1 fully saturated rings. The van der Waals surface area contributed by atoms with Gasteiger partial charge in [0.15, 0.2) is 0 Å². The van der Waals surface area contributed by atoms with Crippen molar-refractivity contribution in [1.29, 1.82) is 0 Å². The Bertz CT molecular complexity index is 584. The Morgan fingerprint density at radius 2 is 1.80 bits per heavy atom. The molecular weight excluding hydrogens is 314 g/mol. The number of hydrogen-bond donors (Lipinski definition) is 1. The third kappa shape index (κ3) is 4.53. The third-order valence-electron chi connectivity index (χ3n) is 5.48. The van der Waals surface area contributed by atoms with Gasteiger partial charge in [0.05, 0.1) is 17.5 Å². The van der Waals surface area contributed by atoms with Crippen molar-refractivity contribution < 1.29 is 9.90 Å². The van der Waals surface area contributed by atoms with E-state index in [2.05, 4.69) is 22.8 Å². The first-order chi connectivity index (χ1) is 12.0. The van der Waals surface area contributed by atoms with Gasteiger partial charge in [0.25, 0.3) is 0 Å². The Morgan fingerprint density at radius 3 is 2.48 bits per heavy atom. The molecule has 25 heavy (non-hydrogen) atoms. The monoisotopic (exact) mass is 345 g/mol. The molecule has 1 aromatic rings. The van der Waals surface area contributed by atoms with Gasteiger partial charge in [-0.1, -0.05) is 19.1 Å². The molecule has 1 saturated heterocycles. The van der Waals surface area contributed by atoms with E-state index in [4.69, 9.17) is 0 Å². The fourth-order valence-electron chi connectivity index (χ4n) is 3.99. The fraction of sp³-hybridized carbons (Fsp3) is 0.650. The van der Waals surface area contributed by atoms with E-state index in [0.717, 1.165) is 56.4 Å². The van der Waals surface area contributed by atoms with Crippen LogP contribution in [0.3, 0.4) is 0 Å². The summed E-state index contributed by atoms with van der Waals surface area (Å²) in [6.07, 6.45) is 3.01. The van der Waals surface area contributed by atoms with Gasteiger partial charge in [-0.2, -0.15) is 0 Å². The van der Waals surface area contributed by atoms with Gasteiger partial charge in [-0.15, -0.1) is 0 Å². The maximum Gasteiger partial charge on any atom is 0.223 e. The van der Waals surface area contributed by atoms with Crippen molar-refractivity contribution in [3.05, 3.63) is 24.3 Å². The van der Waals surface area contributed by atoms with E-state index in [1.54, 1.807) is 6.92 Å². The van der Waals surface area contributed by atoms with Crippen LogP contribution in [0.5, 0.6) is 0 Å². The molecule has 0 spiro atoms. The summed E-state index contributed by atoms with van der Waals surface area (Å²) in [7, 11) is 0. The largest absolute Gasteiger partial charge is 0.390 e. The lowest BCUT2D eigenvalue weighted by Gasteiger charge is -2.34. The Labute approximate surface area is 151 Å².